The number of carboxylic acid groups (broad SMARTS) is 1. The van der Waals surface area contributed by atoms with Crippen LogP contribution in [0.15, 0.2) is 63.3 Å². The third-order valence-corrected chi connectivity index (χ3v) is 17.9. The summed E-state index contributed by atoms with van der Waals surface area (Å²) in [7, 11) is 0. The predicted octanol–water partition coefficient (Wildman–Crippen LogP) is 10.4. The first-order valence-corrected chi connectivity index (χ1v) is 26.9. The lowest BCUT2D eigenvalue weighted by atomic mass is 9.47. The maximum absolute atomic E-state index is 14.7. The molecule has 13 nitrogen and oxygen atoms in total. The van der Waals surface area contributed by atoms with Crippen LogP contribution in [0.5, 0.6) is 5.75 Å². The highest BCUT2D eigenvalue weighted by molar-refractivity contribution is 6.04. The highest BCUT2D eigenvalue weighted by atomic mass is 19.1. The zero-order valence-corrected chi connectivity index (χ0v) is 43.8. The Morgan fingerprint density at radius 3 is 2.32 bits per heavy atom. The summed E-state index contributed by atoms with van der Waals surface area (Å²) < 4.78 is 35.1. The van der Waals surface area contributed by atoms with Crippen molar-refractivity contribution in [3.8, 4) is 28.2 Å². The van der Waals surface area contributed by atoms with E-state index in [0.717, 1.165) is 79.5 Å². The van der Waals surface area contributed by atoms with Crippen LogP contribution < -0.4 is 26.7 Å². The highest BCUT2D eigenvalue weighted by Gasteiger charge is 2.59. The molecule has 2 aromatic rings. The number of aromatic hydroxyl groups is 1. The molecule has 1 heterocycles. The van der Waals surface area contributed by atoms with Crippen molar-refractivity contribution >= 4 is 40.6 Å². The minimum absolute atomic E-state index is 0.0169. The Morgan fingerprint density at radius 2 is 1.58 bits per heavy atom. The molecule has 6 N–H and O–H groups in total. The molecule has 9 atom stereocenters. The number of aliphatic carboxylic acids is 1. The Bertz CT molecular complexity index is 2860. The molecule has 8 rings (SSSR count). The van der Waals surface area contributed by atoms with Gasteiger partial charge < -0.3 is 35.9 Å². The van der Waals surface area contributed by atoms with E-state index in [9.17, 15) is 47.8 Å². The van der Waals surface area contributed by atoms with Gasteiger partial charge in [0.2, 0.25) is 23.2 Å². The Balaban J connectivity index is 0.801. The van der Waals surface area contributed by atoms with Crippen molar-refractivity contribution in [2.75, 3.05) is 13.1 Å². The zero-order chi connectivity index (χ0) is 53.2. The number of carboxylic acids is 1. The van der Waals surface area contributed by atoms with E-state index in [0.29, 0.717) is 22.5 Å². The molecule has 0 radical (unpaired) electrons. The number of carbonyl (C=O) groups is 5. The molecule has 15 heteroatoms. The number of benzene rings is 3. The number of hydrogen-bond donors (Lipinski definition) is 6. The molecule has 0 saturated heterocycles. The summed E-state index contributed by atoms with van der Waals surface area (Å²) in [5, 5.41) is 30.8. The molecule has 4 amide bonds. The summed E-state index contributed by atoms with van der Waals surface area (Å²) in [6.45, 7) is 14.0. The van der Waals surface area contributed by atoms with Gasteiger partial charge in [0.25, 0.3) is 5.91 Å². The molecule has 0 unspecified atom stereocenters. The number of fused-ring (bicyclic) bond motifs is 7. The summed E-state index contributed by atoms with van der Waals surface area (Å²) >= 11 is 0. The largest absolute Gasteiger partial charge is 0.505 e. The van der Waals surface area contributed by atoms with E-state index in [-0.39, 0.29) is 83.1 Å². The van der Waals surface area contributed by atoms with Gasteiger partial charge in [0.1, 0.15) is 17.4 Å². The van der Waals surface area contributed by atoms with Crippen LogP contribution in [0.25, 0.3) is 33.4 Å². The summed E-state index contributed by atoms with van der Waals surface area (Å²) in [4.78, 5) is 76.6. The molecular weight excluding hydrogens is 947 g/mol. The average molecular weight is 1020 g/mol. The zero-order valence-electron chi connectivity index (χ0n) is 43.8. The number of aryl methyl sites for hydroxylation is 1. The number of carbonyl (C=O) groups excluding carboxylic acids is 4. The second kappa shape index (κ2) is 22.4. The molecule has 74 heavy (non-hydrogen) atoms. The number of phenolic OH excluding ortho intramolecular Hbond substituents is 1. The van der Waals surface area contributed by atoms with E-state index >= 15 is 0 Å². The third kappa shape index (κ3) is 11.4. The van der Waals surface area contributed by atoms with Crippen LogP contribution >= 0.6 is 0 Å². The second-order valence-electron chi connectivity index (χ2n) is 23.0. The summed E-state index contributed by atoms with van der Waals surface area (Å²) in [6, 6.07) is 7.20. The first-order valence-electron chi connectivity index (χ1n) is 26.9. The molecule has 6 aliphatic rings. The molecule has 0 aromatic heterocycles. The van der Waals surface area contributed by atoms with Crippen molar-refractivity contribution in [3.05, 3.63) is 87.1 Å². The van der Waals surface area contributed by atoms with Crippen molar-refractivity contribution in [3.63, 3.8) is 0 Å². The summed E-state index contributed by atoms with van der Waals surface area (Å²) in [5.41, 5.74) is 2.58. The minimum Gasteiger partial charge on any atom is -0.505 e. The van der Waals surface area contributed by atoms with Gasteiger partial charge in [0, 0.05) is 72.6 Å². The van der Waals surface area contributed by atoms with E-state index in [1.165, 1.54) is 68.7 Å². The molecule has 0 bridgehead atoms. The van der Waals surface area contributed by atoms with Crippen molar-refractivity contribution in [2.45, 2.75) is 150 Å². The summed E-state index contributed by atoms with van der Waals surface area (Å²) in [5.74, 6) is -1.26. The molecule has 3 fully saturated rings. The highest BCUT2D eigenvalue weighted by Crippen LogP contribution is 2.67. The molecule has 0 spiro atoms. The van der Waals surface area contributed by atoms with Gasteiger partial charge in [-0.05, 0) is 146 Å². The monoisotopic (exact) mass is 1020 g/mol. The first kappa shape index (κ1) is 54.2. The molecule has 5 aliphatic carbocycles. The van der Waals surface area contributed by atoms with E-state index in [1.54, 1.807) is 6.92 Å². The van der Waals surface area contributed by atoms with Gasteiger partial charge in [-0.3, -0.25) is 28.8 Å². The lowest BCUT2D eigenvalue weighted by Crippen LogP contribution is -2.52. The SMILES string of the molecule is Cc1cc(C(=O)N[C@@H](CCC(=O)O)C(=O)NCCC(=O)NCCC(=O)N[C@H]2CC[C@@]3(C)C(=CC[C@H]4[C@@H]5CC[C@H]([C@H](C)CCCC(C)C)[C@@]5(C)CC[C@@H]43)C2)ccc1-c1c2cc(F)c(=O)cc-2oc2cc(O)c(F)cc12. The van der Waals surface area contributed by atoms with Crippen molar-refractivity contribution in [1.29, 1.82) is 0 Å². The van der Waals surface area contributed by atoms with Crippen LogP contribution in [-0.2, 0) is 19.2 Å². The lowest BCUT2D eigenvalue weighted by molar-refractivity contribution is -0.137. The maximum atomic E-state index is 14.7. The topological polar surface area (TPSA) is 204 Å². The van der Waals surface area contributed by atoms with E-state index < -0.39 is 59.0 Å². The molecule has 3 saturated carbocycles. The lowest BCUT2D eigenvalue weighted by Gasteiger charge is -2.58. The van der Waals surface area contributed by atoms with Gasteiger partial charge >= 0.3 is 5.97 Å². The van der Waals surface area contributed by atoms with Crippen LogP contribution in [0.3, 0.4) is 0 Å². The van der Waals surface area contributed by atoms with Crippen molar-refractivity contribution < 1.29 is 47.4 Å². The number of nitrogens with one attached hydrogen (secondary N) is 4. The fourth-order valence-corrected chi connectivity index (χ4v) is 14.0. The van der Waals surface area contributed by atoms with Crippen LogP contribution in [0, 0.1) is 64.9 Å². The molecule has 398 valence electrons. The number of allylic oxidation sites excluding steroid dienone is 1. The standard InChI is InChI=1S/C59H74F2N4O9/c1-32(2)8-7-9-33(3)42-14-15-43-39-13-11-36-27-37(18-22-58(36,5)44(39)19-23-59(42,43)6)64-53(69)21-24-62-52(68)20-25-63-57(73)47(16-17-54(70)71)65-56(72)35-10-12-38(34(4)26-35)55-40-28-45(60)48(66)30-50(40)74-51-31-49(67)46(61)29-41(51)55/h10-12,26,28-33,37,39,42-44,47,66H,7-9,13-25,27H2,1-6H3,(H,62,68)(H,63,73)(H,64,69)(H,65,72)(H,70,71)/t33-,37+,39+,42-,43+,44+,47+,58+,59-/m1/s1. The van der Waals surface area contributed by atoms with Crippen LogP contribution in [0.2, 0.25) is 0 Å². The Morgan fingerprint density at radius 1 is 0.824 bits per heavy atom. The second-order valence-corrected chi connectivity index (χ2v) is 23.0. The first-order chi connectivity index (χ1) is 35.2. The smallest absolute Gasteiger partial charge is 0.303 e. The van der Waals surface area contributed by atoms with Crippen LogP contribution in [0.4, 0.5) is 8.78 Å². The van der Waals surface area contributed by atoms with Gasteiger partial charge in [-0.25, -0.2) is 8.78 Å². The molecular formula is C59H74F2N4O9. The van der Waals surface area contributed by atoms with Crippen LogP contribution in [-0.4, -0.2) is 65.0 Å². The van der Waals surface area contributed by atoms with Crippen LogP contribution in [0.1, 0.15) is 147 Å². The Hall–Kier alpha value is -6.12. The normalized spacial score (nSPS) is 25.0. The quantitative estimate of drug-likeness (QED) is 0.0390. The fourth-order valence-electron chi connectivity index (χ4n) is 14.0. The molecule has 1 aliphatic heterocycles. The van der Waals surface area contributed by atoms with E-state index in [4.69, 9.17) is 4.42 Å². The fraction of sp³-hybridized carbons (Fsp3) is 0.559. The van der Waals surface area contributed by atoms with Gasteiger partial charge in [-0.2, -0.15) is 0 Å². The van der Waals surface area contributed by atoms with E-state index in [2.05, 4.69) is 62.0 Å². The number of hydrogen-bond acceptors (Lipinski definition) is 8. The Kier molecular flexibility index (Phi) is 16.4. The predicted molar refractivity (Wildman–Crippen MR) is 279 cm³/mol. The third-order valence-electron chi connectivity index (χ3n) is 17.9. The van der Waals surface area contributed by atoms with E-state index in [1.807, 2.05) is 0 Å². The van der Waals surface area contributed by atoms with Gasteiger partial charge in [0.05, 0.1) is 0 Å². The number of halogens is 2. The van der Waals surface area contributed by atoms with Gasteiger partial charge in [0.15, 0.2) is 17.4 Å². The maximum Gasteiger partial charge on any atom is 0.303 e. The minimum atomic E-state index is -1.28. The number of rotatable bonds is 19. The average Bonchev–Trinajstić information content (AvgIpc) is 3.71. The van der Waals surface area contributed by atoms with Gasteiger partial charge in [-0.15, -0.1) is 0 Å². The number of amides is 4. The number of phenols is 1. The van der Waals surface area contributed by atoms with Gasteiger partial charge in [-0.1, -0.05) is 71.6 Å². The van der Waals surface area contributed by atoms with Crippen molar-refractivity contribution in [1.82, 2.24) is 21.3 Å². The summed E-state index contributed by atoms with van der Waals surface area (Å²) in [6.07, 6.45) is 15.2. The molecule has 2 aromatic carbocycles. The van der Waals surface area contributed by atoms with Crippen molar-refractivity contribution in [2.24, 2.45) is 46.3 Å². The Labute approximate surface area is 432 Å².